The Kier molecular flexibility index (Phi) is 3.63. The number of rotatable bonds is 3. The van der Waals surface area contributed by atoms with E-state index in [0.717, 1.165) is 10.0 Å². The first kappa shape index (κ1) is 10.4. The van der Waals surface area contributed by atoms with Gasteiger partial charge in [-0.3, -0.25) is 4.79 Å². The highest BCUT2D eigenvalue weighted by molar-refractivity contribution is 9.10. The lowest BCUT2D eigenvalue weighted by molar-refractivity contribution is -0.118. The zero-order chi connectivity index (χ0) is 9.84. The summed E-state index contributed by atoms with van der Waals surface area (Å²) in [6.07, 6.45) is -0.532. The summed E-state index contributed by atoms with van der Waals surface area (Å²) in [5.74, 6) is -0.0109. The molecule has 0 aliphatic heterocycles. The van der Waals surface area contributed by atoms with E-state index in [1.807, 2.05) is 18.2 Å². The van der Waals surface area contributed by atoms with Gasteiger partial charge < -0.3 is 5.11 Å². The highest BCUT2D eigenvalue weighted by atomic mass is 79.9. The van der Waals surface area contributed by atoms with Crippen LogP contribution in [0.2, 0.25) is 0 Å². The number of carbonyl (C=O) groups is 1. The van der Waals surface area contributed by atoms with Crippen LogP contribution in [0.1, 0.15) is 25.0 Å². The van der Waals surface area contributed by atoms with Gasteiger partial charge in [-0.05, 0) is 18.6 Å². The minimum atomic E-state index is -0.701. The summed E-state index contributed by atoms with van der Waals surface area (Å²) in [6.45, 7) is 1.47. The van der Waals surface area contributed by atoms with Gasteiger partial charge in [0, 0.05) is 10.9 Å². The minimum Gasteiger partial charge on any atom is -0.388 e. The predicted octanol–water partition coefficient (Wildman–Crippen LogP) is 2.46. The maximum absolute atomic E-state index is 10.8. The van der Waals surface area contributed by atoms with Gasteiger partial charge in [-0.2, -0.15) is 0 Å². The van der Waals surface area contributed by atoms with Crippen LogP contribution in [0.3, 0.4) is 0 Å². The molecule has 0 bridgehead atoms. The number of Topliss-reactive ketones (excluding diaryl/α,β-unsaturated/α-hetero) is 1. The van der Waals surface area contributed by atoms with Crippen molar-refractivity contribution in [1.29, 1.82) is 0 Å². The average Bonchev–Trinajstić information content (AvgIpc) is 2.03. The number of aliphatic hydroxyl groups is 1. The lowest BCUT2D eigenvalue weighted by Gasteiger charge is -2.10. The van der Waals surface area contributed by atoms with Crippen molar-refractivity contribution in [3.63, 3.8) is 0 Å². The van der Waals surface area contributed by atoms with Gasteiger partial charge in [0.25, 0.3) is 0 Å². The summed E-state index contributed by atoms with van der Waals surface area (Å²) in [5.41, 5.74) is 0.762. The molecule has 0 heterocycles. The fourth-order valence-corrected chi connectivity index (χ4v) is 1.68. The Labute approximate surface area is 85.7 Å². The third-order valence-electron chi connectivity index (χ3n) is 1.75. The topological polar surface area (TPSA) is 37.3 Å². The van der Waals surface area contributed by atoms with Crippen molar-refractivity contribution in [2.24, 2.45) is 0 Å². The standard InChI is InChI=1S/C10H11BrO2/c1-7(12)6-10(13)8-4-2-3-5-9(8)11/h2-5,10,13H,6H2,1H3. The number of aliphatic hydroxyl groups excluding tert-OH is 1. The first-order valence-corrected chi connectivity index (χ1v) is 4.82. The summed E-state index contributed by atoms with van der Waals surface area (Å²) in [4.78, 5) is 10.8. The molecule has 1 unspecified atom stereocenters. The molecule has 0 radical (unpaired) electrons. The van der Waals surface area contributed by atoms with Crippen LogP contribution in [0.25, 0.3) is 0 Å². The largest absolute Gasteiger partial charge is 0.388 e. The molecule has 0 aliphatic rings. The molecule has 1 atom stereocenters. The molecule has 70 valence electrons. The fraction of sp³-hybridized carbons (Fsp3) is 0.300. The van der Waals surface area contributed by atoms with Crippen molar-refractivity contribution < 1.29 is 9.90 Å². The van der Waals surface area contributed by atoms with E-state index < -0.39 is 6.10 Å². The fourth-order valence-electron chi connectivity index (χ4n) is 1.13. The summed E-state index contributed by atoms with van der Waals surface area (Å²) in [5, 5.41) is 9.62. The normalized spacial score (nSPS) is 12.5. The smallest absolute Gasteiger partial charge is 0.132 e. The Morgan fingerprint density at radius 3 is 2.69 bits per heavy atom. The van der Waals surface area contributed by atoms with Crippen LogP contribution in [0.5, 0.6) is 0 Å². The van der Waals surface area contributed by atoms with Gasteiger partial charge >= 0.3 is 0 Å². The van der Waals surface area contributed by atoms with Crippen LogP contribution in [-0.2, 0) is 4.79 Å². The highest BCUT2D eigenvalue weighted by Gasteiger charge is 2.12. The number of benzene rings is 1. The Morgan fingerprint density at radius 1 is 1.54 bits per heavy atom. The molecule has 0 amide bonds. The molecule has 0 spiro atoms. The monoisotopic (exact) mass is 242 g/mol. The van der Waals surface area contributed by atoms with Gasteiger partial charge in [-0.1, -0.05) is 34.1 Å². The predicted molar refractivity (Wildman–Crippen MR) is 54.4 cm³/mol. The van der Waals surface area contributed by atoms with Crippen molar-refractivity contribution in [1.82, 2.24) is 0 Å². The zero-order valence-electron chi connectivity index (χ0n) is 7.33. The SMILES string of the molecule is CC(=O)CC(O)c1ccccc1Br. The Bertz CT molecular complexity index is 310. The van der Waals surface area contributed by atoms with E-state index in [-0.39, 0.29) is 12.2 Å². The Balaban J connectivity index is 2.82. The van der Waals surface area contributed by atoms with Crippen molar-refractivity contribution in [3.8, 4) is 0 Å². The van der Waals surface area contributed by atoms with Crippen LogP contribution in [-0.4, -0.2) is 10.9 Å². The lowest BCUT2D eigenvalue weighted by Crippen LogP contribution is -2.03. The molecule has 0 fully saturated rings. The van der Waals surface area contributed by atoms with Crippen molar-refractivity contribution >= 4 is 21.7 Å². The number of carbonyl (C=O) groups excluding carboxylic acids is 1. The highest BCUT2D eigenvalue weighted by Crippen LogP contribution is 2.25. The second kappa shape index (κ2) is 4.53. The number of ketones is 1. The third-order valence-corrected chi connectivity index (χ3v) is 2.47. The molecule has 3 heteroatoms. The molecule has 13 heavy (non-hydrogen) atoms. The van der Waals surface area contributed by atoms with Crippen LogP contribution in [0, 0.1) is 0 Å². The number of hydrogen-bond acceptors (Lipinski definition) is 2. The molecule has 0 saturated heterocycles. The van der Waals surface area contributed by atoms with Crippen molar-refractivity contribution in [2.75, 3.05) is 0 Å². The number of hydrogen-bond donors (Lipinski definition) is 1. The Hall–Kier alpha value is -0.670. The lowest BCUT2D eigenvalue weighted by atomic mass is 10.1. The summed E-state index contributed by atoms with van der Waals surface area (Å²) in [6, 6.07) is 7.36. The van der Waals surface area contributed by atoms with Crippen molar-refractivity contribution in [3.05, 3.63) is 34.3 Å². The molecular weight excluding hydrogens is 232 g/mol. The molecule has 1 aromatic carbocycles. The molecule has 0 aliphatic carbocycles. The second-order valence-corrected chi connectivity index (χ2v) is 3.80. The van der Waals surface area contributed by atoms with E-state index in [4.69, 9.17) is 0 Å². The zero-order valence-corrected chi connectivity index (χ0v) is 8.91. The van der Waals surface area contributed by atoms with Gasteiger partial charge in [0.05, 0.1) is 6.10 Å². The summed E-state index contributed by atoms with van der Waals surface area (Å²) < 4.78 is 0.837. The van der Waals surface area contributed by atoms with E-state index in [2.05, 4.69) is 15.9 Å². The van der Waals surface area contributed by atoms with E-state index in [0.29, 0.717) is 0 Å². The quantitative estimate of drug-likeness (QED) is 0.885. The molecule has 2 nitrogen and oxygen atoms in total. The average molecular weight is 243 g/mol. The molecule has 1 rings (SSSR count). The molecule has 0 aromatic heterocycles. The minimum absolute atomic E-state index is 0.0109. The maximum Gasteiger partial charge on any atom is 0.132 e. The first-order valence-electron chi connectivity index (χ1n) is 4.03. The molecule has 1 N–H and O–H groups in total. The second-order valence-electron chi connectivity index (χ2n) is 2.94. The van der Waals surface area contributed by atoms with E-state index in [1.54, 1.807) is 6.07 Å². The Morgan fingerprint density at radius 2 is 2.15 bits per heavy atom. The third kappa shape index (κ3) is 2.94. The van der Waals surface area contributed by atoms with Gasteiger partial charge in [-0.15, -0.1) is 0 Å². The van der Waals surface area contributed by atoms with Crippen LogP contribution >= 0.6 is 15.9 Å². The summed E-state index contributed by atoms with van der Waals surface area (Å²) >= 11 is 3.32. The van der Waals surface area contributed by atoms with Crippen LogP contribution in [0.15, 0.2) is 28.7 Å². The van der Waals surface area contributed by atoms with Crippen molar-refractivity contribution in [2.45, 2.75) is 19.4 Å². The van der Waals surface area contributed by atoms with E-state index >= 15 is 0 Å². The van der Waals surface area contributed by atoms with E-state index in [1.165, 1.54) is 6.92 Å². The molecule has 1 aromatic rings. The maximum atomic E-state index is 10.8. The van der Waals surface area contributed by atoms with Gasteiger partial charge in [-0.25, -0.2) is 0 Å². The first-order chi connectivity index (χ1) is 6.11. The summed E-state index contributed by atoms with van der Waals surface area (Å²) in [7, 11) is 0. The van der Waals surface area contributed by atoms with Gasteiger partial charge in [0.2, 0.25) is 0 Å². The van der Waals surface area contributed by atoms with Gasteiger partial charge in [0.15, 0.2) is 0 Å². The van der Waals surface area contributed by atoms with Crippen LogP contribution in [0.4, 0.5) is 0 Å². The molecular formula is C10H11BrO2. The van der Waals surface area contributed by atoms with E-state index in [9.17, 15) is 9.90 Å². The molecule has 0 saturated carbocycles. The van der Waals surface area contributed by atoms with Gasteiger partial charge in [0.1, 0.15) is 5.78 Å². The number of halogens is 1. The van der Waals surface area contributed by atoms with Crippen LogP contribution < -0.4 is 0 Å².